The van der Waals surface area contributed by atoms with E-state index in [0.717, 1.165) is 0 Å². The zero-order valence-corrected chi connectivity index (χ0v) is 20.8. The summed E-state index contributed by atoms with van der Waals surface area (Å²) in [5.41, 5.74) is 2.69. The molecule has 186 valence electrons. The van der Waals surface area contributed by atoms with Gasteiger partial charge < -0.3 is 9.14 Å². The predicted octanol–water partition coefficient (Wildman–Crippen LogP) is 4.66. The molecule has 4 aromatic rings. The largest absolute Gasteiger partial charge is 0.476 e. The number of fused-ring (bicyclic) bond motifs is 2. The van der Waals surface area contributed by atoms with Crippen molar-refractivity contribution in [1.82, 2.24) is 14.4 Å². The Morgan fingerprint density at radius 1 is 1.17 bits per heavy atom. The van der Waals surface area contributed by atoms with E-state index in [1.165, 1.54) is 41.8 Å². The molecular weight excluding hydrogens is 488 g/mol. The van der Waals surface area contributed by atoms with E-state index < -0.39 is 27.5 Å². The average molecular weight is 512 g/mol. The highest BCUT2D eigenvalue weighted by Crippen LogP contribution is 2.37. The number of aromatic nitrogens is 3. The number of aryl methyl sites for hydroxylation is 1. The minimum atomic E-state index is -2.38. The highest BCUT2D eigenvalue weighted by Gasteiger charge is 2.34. The van der Waals surface area contributed by atoms with E-state index in [2.05, 4.69) is 14.3 Å². The van der Waals surface area contributed by atoms with Crippen molar-refractivity contribution in [3.05, 3.63) is 71.8 Å². The molecule has 1 amide bonds. The second-order valence-electron chi connectivity index (χ2n) is 8.86. The second-order valence-corrected chi connectivity index (χ2v) is 11.4. The van der Waals surface area contributed by atoms with Gasteiger partial charge in [0.15, 0.2) is 23.5 Å². The summed E-state index contributed by atoms with van der Waals surface area (Å²) in [6.07, 6.45) is 5.21. The van der Waals surface area contributed by atoms with Crippen LogP contribution in [0.1, 0.15) is 18.3 Å². The first-order chi connectivity index (χ1) is 17.0. The monoisotopic (exact) mass is 511 g/mol. The molecule has 36 heavy (non-hydrogen) atoms. The number of ether oxygens (including phenoxy) is 1. The molecule has 5 rings (SSSR count). The quantitative estimate of drug-likeness (QED) is 0.398. The van der Waals surface area contributed by atoms with Crippen molar-refractivity contribution < 1.29 is 22.5 Å². The van der Waals surface area contributed by atoms with E-state index in [9.17, 15) is 13.4 Å². The van der Waals surface area contributed by atoms with Gasteiger partial charge in [-0.1, -0.05) is 6.07 Å². The van der Waals surface area contributed by atoms with E-state index in [0.29, 0.717) is 34.1 Å². The number of benzene rings is 1. The van der Waals surface area contributed by atoms with Crippen LogP contribution < -0.4 is 9.64 Å². The van der Waals surface area contributed by atoms with Crippen LogP contribution in [0.25, 0.3) is 16.8 Å². The summed E-state index contributed by atoms with van der Waals surface area (Å²) >= 11 is 0. The zero-order chi connectivity index (χ0) is 25.8. The van der Waals surface area contributed by atoms with Crippen LogP contribution in [0.3, 0.4) is 0 Å². The Morgan fingerprint density at radius 2 is 1.94 bits per heavy atom. The summed E-state index contributed by atoms with van der Waals surface area (Å²) in [7, 11) is -2.38. The average Bonchev–Trinajstić information content (AvgIpc) is 3.10. The van der Waals surface area contributed by atoms with E-state index in [-0.39, 0.29) is 23.8 Å². The molecule has 4 heterocycles. The van der Waals surface area contributed by atoms with Crippen LogP contribution >= 0.6 is 0 Å². The standard InChI is InChI=1S/C25H23F2N5O3S/c1-14-21(13-32-20-7-5-6-18(26)24(20)35-15(2)25(32)33)31-12-17(19(27)10-23(31)29-14)16-8-9-22(28-11-16)30-36(3,4)34/h5-12,15H,13H2,1-4H3/t15-/m1/s1. The fraction of sp³-hybridized carbons (Fsp3) is 0.240. The number of imidazole rings is 1. The van der Waals surface area contributed by atoms with Gasteiger partial charge in [0, 0.05) is 51.8 Å². The lowest BCUT2D eigenvalue weighted by atomic mass is 10.1. The number of para-hydroxylation sites is 1. The summed E-state index contributed by atoms with van der Waals surface area (Å²) in [6, 6.07) is 8.95. The summed E-state index contributed by atoms with van der Waals surface area (Å²) in [5.74, 6) is -1.07. The molecule has 8 nitrogen and oxygen atoms in total. The fourth-order valence-corrected chi connectivity index (χ4v) is 4.72. The second kappa shape index (κ2) is 8.66. The third kappa shape index (κ3) is 4.30. The molecule has 0 radical (unpaired) electrons. The Balaban J connectivity index is 1.58. The highest BCUT2D eigenvalue weighted by atomic mass is 32.2. The maximum absolute atomic E-state index is 15.1. The maximum Gasteiger partial charge on any atom is 0.268 e. The maximum atomic E-state index is 15.1. The van der Waals surface area contributed by atoms with Crippen LogP contribution in [0.15, 0.2) is 53.2 Å². The third-order valence-electron chi connectivity index (χ3n) is 5.83. The van der Waals surface area contributed by atoms with Crippen LogP contribution in [-0.4, -0.2) is 43.1 Å². The highest BCUT2D eigenvalue weighted by molar-refractivity contribution is 7.92. The molecule has 11 heteroatoms. The fourth-order valence-electron chi connectivity index (χ4n) is 4.16. The van der Waals surface area contributed by atoms with E-state index in [4.69, 9.17) is 4.74 Å². The van der Waals surface area contributed by atoms with Gasteiger partial charge in [0.2, 0.25) is 0 Å². The van der Waals surface area contributed by atoms with Crippen LogP contribution in [0.5, 0.6) is 5.75 Å². The first-order valence-electron chi connectivity index (χ1n) is 11.1. The number of nitrogens with zero attached hydrogens (tertiary/aromatic N) is 5. The molecule has 0 saturated carbocycles. The molecule has 1 atom stereocenters. The summed E-state index contributed by atoms with van der Waals surface area (Å²) in [4.78, 5) is 23.1. The van der Waals surface area contributed by atoms with Gasteiger partial charge in [-0.05, 0) is 38.1 Å². The van der Waals surface area contributed by atoms with Gasteiger partial charge >= 0.3 is 0 Å². The number of hydrogen-bond donors (Lipinski definition) is 0. The molecule has 0 spiro atoms. The van der Waals surface area contributed by atoms with Crippen LogP contribution in [0.2, 0.25) is 0 Å². The van der Waals surface area contributed by atoms with Gasteiger partial charge in [-0.3, -0.25) is 9.69 Å². The molecule has 0 fully saturated rings. The first-order valence-corrected chi connectivity index (χ1v) is 13.4. The number of halogens is 2. The van der Waals surface area contributed by atoms with Gasteiger partial charge in [0.1, 0.15) is 11.5 Å². The lowest BCUT2D eigenvalue weighted by Crippen LogP contribution is -2.44. The van der Waals surface area contributed by atoms with Crippen molar-refractivity contribution in [1.29, 1.82) is 0 Å². The summed E-state index contributed by atoms with van der Waals surface area (Å²) < 4.78 is 52.7. The van der Waals surface area contributed by atoms with Crippen molar-refractivity contribution in [2.45, 2.75) is 26.5 Å². The number of hydrogen-bond acceptors (Lipinski definition) is 6. The van der Waals surface area contributed by atoms with Crippen molar-refractivity contribution in [3.63, 3.8) is 0 Å². The van der Waals surface area contributed by atoms with Crippen molar-refractivity contribution in [2.24, 2.45) is 4.36 Å². The number of carbonyl (C=O) groups is 1. The summed E-state index contributed by atoms with van der Waals surface area (Å²) in [5, 5.41) is 0. The molecule has 3 aromatic heterocycles. The van der Waals surface area contributed by atoms with E-state index >= 15 is 4.39 Å². The normalized spacial score (nSPS) is 15.7. The van der Waals surface area contributed by atoms with Gasteiger partial charge in [0.25, 0.3) is 5.91 Å². The van der Waals surface area contributed by atoms with Crippen molar-refractivity contribution >= 4 is 32.8 Å². The third-order valence-corrected chi connectivity index (χ3v) is 6.46. The molecule has 0 saturated heterocycles. The Hall–Kier alpha value is -3.86. The minimum Gasteiger partial charge on any atom is -0.476 e. The van der Waals surface area contributed by atoms with Gasteiger partial charge in [-0.25, -0.2) is 23.0 Å². The topological polar surface area (TPSA) is 89.2 Å². The Morgan fingerprint density at radius 3 is 2.64 bits per heavy atom. The van der Waals surface area contributed by atoms with Crippen molar-refractivity contribution in [3.8, 4) is 16.9 Å². The van der Waals surface area contributed by atoms with Gasteiger partial charge in [-0.2, -0.15) is 4.36 Å². The minimum absolute atomic E-state index is 0.0162. The smallest absolute Gasteiger partial charge is 0.268 e. The van der Waals surface area contributed by atoms with E-state index in [1.807, 2.05) is 0 Å². The van der Waals surface area contributed by atoms with Crippen molar-refractivity contribution in [2.75, 3.05) is 17.4 Å². The molecule has 0 N–H and O–H groups in total. The zero-order valence-electron chi connectivity index (χ0n) is 20.0. The van der Waals surface area contributed by atoms with Crippen LogP contribution in [0, 0.1) is 18.6 Å². The molecule has 1 aliphatic heterocycles. The Bertz CT molecular complexity index is 1630. The lowest BCUT2D eigenvalue weighted by molar-refractivity contribution is -0.125. The Labute approximate surface area is 206 Å². The molecule has 1 aromatic carbocycles. The van der Waals surface area contributed by atoms with Crippen LogP contribution in [0.4, 0.5) is 20.3 Å². The number of rotatable bonds is 4. The van der Waals surface area contributed by atoms with E-state index in [1.54, 1.807) is 42.6 Å². The first kappa shape index (κ1) is 23.9. The SMILES string of the molecule is Cc1nc2cc(F)c(-c3ccc(N=S(C)(C)=O)nc3)cn2c1CN1C(=O)[C@@H](C)Oc2c(F)cccc21. The molecular formula is C25H23F2N5O3S. The van der Waals surface area contributed by atoms with Crippen LogP contribution in [-0.2, 0) is 21.1 Å². The molecule has 1 aliphatic rings. The molecule has 0 bridgehead atoms. The number of carbonyl (C=O) groups excluding carboxylic acids is 1. The van der Waals surface area contributed by atoms with Gasteiger partial charge in [-0.15, -0.1) is 0 Å². The molecule has 0 aliphatic carbocycles. The predicted molar refractivity (Wildman–Crippen MR) is 133 cm³/mol. The number of anilines is 1. The molecule has 0 unspecified atom stereocenters. The summed E-state index contributed by atoms with van der Waals surface area (Å²) in [6.45, 7) is 3.42. The number of pyridine rings is 2. The van der Waals surface area contributed by atoms with Gasteiger partial charge in [0.05, 0.1) is 23.6 Å². The lowest BCUT2D eigenvalue weighted by Gasteiger charge is -2.33. The number of amides is 1. The Kier molecular flexibility index (Phi) is 5.74.